The second-order valence-corrected chi connectivity index (χ2v) is 5.44. The second-order valence-electron chi connectivity index (χ2n) is 4.58. The van der Waals surface area contributed by atoms with E-state index in [1.165, 1.54) is 12.1 Å². The normalized spacial score (nSPS) is 15.6. The van der Waals surface area contributed by atoms with Crippen molar-refractivity contribution in [3.05, 3.63) is 38.0 Å². The summed E-state index contributed by atoms with van der Waals surface area (Å²) in [4.78, 5) is 45.8. The van der Waals surface area contributed by atoms with E-state index in [-0.39, 0.29) is 15.7 Å². The fraction of sp³-hybridized carbons (Fsp3) is 0.154. The zero-order valence-electron chi connectivity index (χ0n) is 12.1. The molecule has 0 aliphatic carbocycles. The first kappa shape index (κ1) is 17.4. The fourth-order valence-corrected chi connectivity index (χ4v) is 2.37. The van der Waals surface area contributed by atoms with E-state index in [9.17, 15) is 29.6 Å². The zero-order chi connectivity index (χ0) is 18.0. The summed E-state index contributed by atoms with van der Waals surface area (Å²) in [5.41, 5.74) is -0.551. The monoisotopic (exact) mass is 399 g/mol. The van der Waals surface area contributed by atoms with Gasteiger partial charge in [-0.3, -0.25) is 19.7 Å². The molecule has 0 aromatic heterocycles. The van der Waals surface area contributed by atoms with Gasteiger partial charge < -0.3 is 15.2 Å². The number of imide groups is 1. The molecule has 2 N–H and O–H groups in total. The van der Waals surface area contributed by atoms with Crippen LogP contribution in [-0.4, -0.2) is 46.5 Å². The van der Waals surface area contributed by atoms with Crippen molar-refractivity contribution in [2.45, 2.75) is 0 Å². The van der Waals surface area contributed by atoms with Crippen LogP contribution >= 0.6 is 15.9 Å². The van der Waals surface area contributed by atoms with Crippen molar-refractivity contribution >= 4 is 45.6 Å². The summed E-state index contributed by atoms with van der Waals surface area (Å²) in [6.45, 7) is -0.558. The van der Waals surface area contributed by atoms with Crippen molar-refractivity contribution in [1.82, 2.24) is 10.2 Å². The molecule has 3 amide bonds. The number of rotatable bonds is 4. The van der Waals surface area contributed by atoms with Crippen LogP contribution in [0.4, 0.5) is 10.5 Å². The Hall–Kier alpha value is -2.95. The minimum absolute atomic E-state index is 0.0479. The van der Waals surface area contributed by atoms with E-state index in [4.69, 9.17) is 0 Å². The van der Waals surface area contributed by atoms with Gasteiger partial charge in [0.2, 0.25) is 5.75 Å². The van der Waals surface area contributed by atoms with E-state index in [1.54, 1.807) is 0 Å². The molecule has 24 heavy (non-hydrogen) atoms. The summed E-state index contributed by atoms with van der Waals surface area (Å²) in [6, 6.07) is 1.55. The molecule has 0 unspecified atom stereocenters. The van der Waals surface area contributed by atoms with Gasteiger partial charge in [-0.1, -0.05) is 0 Å². The van der Waals surface area contributed by atoms with Gasteiger partial charge in [0, 0.05) is 6.07 Å². The van der Waals surface area contributed by atoms with Crippen LogP contribution in [0.2, 0.25) is 0 Å². The number of ether oxygens (including phenoxy) is 1. The number of hydrogen-bond donors (Lipinski definition) is 2. The van der Waals surface area contributed by atoms with Crippen molar-refractivity contribution in [2.75, 3.05) is 13.7 Å². The molecular formula is C13H10BrN3O7. The van der Waals surface area contributed by atoms with Gasteiger partial charge in [-0.05, 0) is 33.6 Å². The third kappa shape index (κ3) is 3.35. The first-order valence-electron chi connectivity index (χ1n) is 6.33. The Morgan fingerprint density at radius 2 is 2.17 bits per heavy atom. The number of carbonyl (C=O) groups is 3. The second kappa shape index (κ2) is 6.66. The number of nitrogens with zero attached hydrogens (tertiary/aromatic N) is 2. The molecule has 1 aromatic rings. The van der Waals surface area contributed by atoms with Gasteiger partial charge >= 0.3 is 17.7 Å². The third-order valence-electron chi connectivity index (χ3n) is 3.05. The summed E-state index contributed by atoms with van der Waals surface area (Å²) in [5, 5.41) is 22.8. The standard InChI is InChI=1S/C13H10BrN3O7/c1-24-10(18)5-16-12(20)8(15-13(16)21)3-6-2-7(14)11(19)9(4-6)17(22)23/h2-4,19H,5H2,1H3,(H,15,21)/b8-3+. The number of phenols is 1. The molecule has 1 aromatic carbocycles. The highest BCUT2D eigenvalue weighted by Gasteiger charge is 2.35. The van der Waals surface area contributed by atoms with Crippen LogP contribution in [0.15, 0.2) is 22.3 Å². The largest absolute Gasteiger partial charge is 0.501 e. The lowest BCUT2D eigenvalue weighted by Gasteiger charge is -2.09. The smallest absolute Gasteiger partial charge is 0.329 e. The Morgan fingerprint density at radius 1 is 1.50 bits per heavy atom. The van der Waals surface area contributed by atoms with Crippen LogP contribution in [-0.2, 0) is 14.3 Å². The Bertz CT molecular complexity index is 790. The minimum atomic E-state index is -0.816. The number of phenolic OH excluding ortho intramolecular Hbond substituents is 1. The van der Waals surface area contributed by atoms with Gasteiger partial charge in [-0.25, -0.2) is 9.69 Å². The highest BCUT2D eigenvalue weighted by Crippen LogP contribution is 2.35. The summed E-state index contributed by atoms with van der Waals surface area (Å²) in [5.74, 6) is -2.11. The summed E-state index contributed by atoms with van der Waals surface area (Å²) < 4.78 is 4.44. The van der Waals surface area contributed by atoms with Crippen LogP contribution in [0.5, 0.6) is 5.75 Å². The Balaban J connectivity index is 2.36. The molecule has 1 aliphatic rings. The Kier molecular flexibility index (Phi) is 4.83. The van der Waals surface area contributed by atoms with Crippen molar-refractivity contribution in [1.29, 1.82) is 0 Å². The molecule has 126 valence electrons. The highest BCUT2D eigenvalue weighted by molar-refractivity contribution is 9.10. The molecule has 1 aliphatic heterocycles. The number of halogens is 1. The maximum Gasteiger partial charge on any atom is 0.329 e. The predicted octanol–water partition coefficient (Wildman–Crippen LogP) is 1.13. The number of nitrogens with one attached hydrogen (secondary N) is 1. The van der Waals surface area contributed by atoms with Gasteiger partial charge in [-0.2, -0.15) is 0 Å². The van der Waals surface area contributed by atoms with E-state index >= 15 is 0 Å². The molecule has 10 nitrogen and oxygen atoms in total. The maximum atomic E-state index is 12.1. The molecule has 1 fully saturated rings. The number of urea groups is 1. The molecule has 1 heterocycles. The van der Waals surface area contributed by atoms with E-state index in [1.807, 2.05) is 0 Å². The summed E-state index contributed by atoms with van der Waals surface area (Å²) in [7, 11) is 1.12. The molecule has 0 atom stereocenters. The molecule has 11 heteroatoms. The fourth-order valence-electron chi connectivity index (χ4n) is 1.90. The van der Waals surface area contributed by atoms with Gasteiger partial charge in [0.05, 0.1) is 16.5 Å². The van der Waals surface area contributed by atoms with E-state index in [0.717, 1.165) is 13.2 Å². The van der Waals surface area contributed by atoms with Crippen LogP contribution in [0.1, 0.15) is 5.56 Å². The van der Waals surface area contributed by atoms with Crippen molar-refractivity contribution in [3.63, 3.8) is 0 Å². The number of nitro groups is 1. The summed E-state index contributed by atoms with van der Waals surface area (Å²) >= 11 is 2.97. The molecule has 0 saturated carbocycles. The number of aromatic hydroxyl groups is 1. The topological polar surface area (TPSA) is 139 Å². The van der Waals surface area contributed by atoms with Gasteiger partial charge in [-0.15, -0.1) is 0 Å². The van der Waals surface area contributed by atoms with Crippen molar-refractivity contribution in [2.24, 2.45) is 0 Å². The number of amides is 3. The highest BCUT2D eigenvalue weighted by atomic mass is 79.9. The molecule has 1 saturated heterocycles. The lowest BCUT2D eigenvalue weighted by atomic mass is 10.1. The molecule has 0 bridgehead atoms. The third-order valence-corrected chi connectivity index (χ3v) is 3.66. The average molecular weight is 400 g/mol. The van der Waals surface area contributed by atoms with Gasteiger partial charge in [0.25, 0.3) is 5.91 Å². The predicted molar refractivity (Wildman–Crippen MR) is 82.7 cm³/mol. The zero-order valence-corrected chi connectivity index (χ0v) is 13.7. The van der Waals surface area contributed by atoms with E-state index in [2.05, 4.69) is 26.0 Å². The average Bonchev–Trinajstić information content (AvgIpc) is 2.77. The lowest BCUT2D eigenvalue weighted by molar-refractivity contribution is -0.386. The molecule has 0 radical (unpaired) electrons. The molecule has 0 spiro atoms. The van der Waals surface area contributed by atoms with Crippen LogP contribution in [0.25, 0.3) is 6.08 Å². The quantitative estimate of drug-likeness (QED) is 0.254. The summed E-state index contributed by atoms with van der Waals surface area (Å²) in [6.07, 6.45) is 1.19. The van der Waals surface area contributed by atoms with Crippen LogP contribution in [0, 0.1) is 10.1 Å². The van der Waals surface area contributed by atoms with Gasteiger partial charge in [0.1, 0.15) is 12.2 Å². The van der Waals surface area contributed by atoms with Crippen LogP contribution < -0.4 is 5.32 Å². The SMILES string of the molecule is COC(=O)CN1C(=O)N/C(=C/c2cc(Br)c(O)c([N+](=O)[O-])c2)C1=O. The number of benzene rings is 1. The first-order chi connectivity index (χ1) is 11.2. The molecular weight excluding hydrogens is 390 g/mol. The first-order valence-corrected chi connectivity index (χ1v) is 7.12. The number of esters is 1. The molecule has 2 rings (SSSR count). The lowest BCUT2D eigenvalue weighted by Crippen LogP contribution is -2.36. The Morgan fingerprint density at radius 3 is 2.75 bits per heavy atom. The maximum absolute atomic E-state index is 12.1. The number of nitro benzene ring substituents is 1. The van der Waals surface area contributed by atoms with Crippen molar-refractivity contribution < 1.29 is 29.2 Å². The van der Waals surface area contributed by atoms with E-state index in [0.29, 0.717) is 4.90 Å². The minimum Gasteiger partial charge on any atom is -0.501 e. The Labute approximate surface area is 143 Å². The number of methoxy groups -OCH3 is 1. The van der Waals surface area contributed by atoms with Crippen molar-refractivity contribution in [3.8, 4) is 5.75 Å². The van der Waals surface area contributed by atoms with Gasteiger partial charge in [0.15, 0.2) is 0 Å². The van der Waals surface area contributed by atoms with E-state index < -0.39 is 40.8 Å². The number of hydrogen-bond acceptors (Lipinski definition) is 7. The van der Waals surface area contributed by atoms with Crippen LogP contribution in [0.3, 0.4) is 0 Å². The number of carbonyl (C=O) groups excluding carboxylic acids is 3.